The Morgan fingerprint density at radius 1 is 1.45 bits per heavy atom. The second-order valence-electron chi connectivity index (χ2n) is 5.11. The number of carbonyl (C=O) groups is 1. The van der Waals surface area contributed by atoms with Crippen molar-refractivity contribution in [2.24, 2.45) is 0 Å². The topological polar surface area (TPSA) is 47.4 Å². The maximum Gasteiger partial charge on any atom is 0.257 e. The van der Waals surface area contributed by atoms with E-state index in [1.807, 2.05) is 25.1 Å². The van der Waals surface area contributed by atoms with Gasteiger partial charge in [0.2, 0.25) is 0 Å². The fourth-order valence-corrected chi connectivity index (χ4v) is 2.43. The minimum Gasteiger partial charge on any atom is -0.385 e. The third kappa shape index (κ3) is 3.67. The van der Waals surface area contributed by atoms with E-state index in [4.69, 9.17) is 16.3 Å². The number of nitrogens with zero attached hydrogens (tertiary/aromatic N) is 3. The first kappa shape index (κ1) is 16.5. The molecule has 5 nitrogen and oxygen atoms in total. The van der Waals surface area contributed by atoms with E-state index in [0.717, 1.165) is 17.8 Å². The maximum absolute atomic E-state index is 12.5. The van der Waals surface area contributed by atoms with Crippen LogP contribution in [0.2, 0.25) is 5.02 Å². The molecule has 0 aliphatic rings. The van der Waals surface area contributed by atoms with Gasteiger partial charge in [0.15, 0.2) is 0 Å². The van der Waals surface area contributed by atoms with Gasteiger partial charge in [-0.3, -0.25) is 4.79 Å². The molecular formula is C16H20ClN3O2. The molecule has 0 bridgehead atoms. The van der Waals surface area contributed by atoms with Crippen LogP contribution in [0.15, 0.2) is 30.5 Å². The Morgan fingerprint density at radius 3 is 2.91 bits per heavy atom. The van der Waals surface area contributed by atoms with Gasteiger partial charge in [-0.1, -0.05) is 17.7 Å². The number of carbonyl (C=O) groups excluding carboxylic acids is 1. The van der Waals surface area contributed by atoms with Gasteiger partial charge in [0.25, 0.3) is 5.91 Å². The number of hydrogen-bond acceptors (Lipinski definition) is 3. The Balaban J connectivity index is 2.18. The van der Waals surface area contributed by atoms with Crippen LogP contribution in [0.3, 0.4) is 0 Å². The van der Waals surface area contributed by atoms with Crippen LogP contribution in [0.5, 0.6) is 0 Å². The first-order valence-electron chi connectivity index (χ1n) is 7.09. The molecule has 0 saturated heterocycles. The number of aromatic nitrogens is 2. The minimum absolute atomic E-state index is 0.0399. The Morgan fingerprint density at radius 2 is 2.23 bits per heavy atom. The van der Waals surface area contributed by atoms with Gasteiger partial charge in [0.1, 0.15) is 0 Å². The standard InChI is InChI=1S/C16H20ClN3O2/c1-12-15(16(21)19(2)8-5-9-22-3)11-18-20(12)14-7-4-6-13(17)10-14/h4,6-7,10-11H,5,8-9H2,1-3H3. The molecule has 6 heteroatoms. The van der Waals surface area contributed by atoms with Gasteiger partial charge in [-0.05, 0) is 31.5 Å². The average Bonchev–Trinajstić information content (AvgIpc) is 2.88. The quantitative estimate of drug-likeness (QED) is 0.769. The number of rotatable bonds is 6. The molecule has 0 N–H and O–H groups in total. The van der Waals surface area contributed by atoms with Crippen LogP contribution in [0, 0.1) is 6.92 Å². The number of halogens is 1. The predicted molar refractivity (Wildman–Crippen MR) is 86.8 cm³/mol. The molecule has 1 amide bonds. The molecule has 1 heterocycles. The van der Waals surface area contributed by atoms with Crippen LogP contribution in [0.4, 0.5) is 0 Å². The third-order valence-electron chi connectivity index (χ3n) is 3.48. The number of amides is 1. The van der Waals surface area contributed by atoms with E-state index in [-0.39, 0.29) is 5.91 Å². The predicted octanol–water partition coefficient (Wildman–Crippen LogP) is 2.94. The molecule has 2 rings (SSSR count). The third-order valence-corrected chi connectivity index (χ3v) is 3.72. The zero-order valence-electron chi connectivity index (χ0n) is 13.0. The molecule has 2 aromatic rings. The van der Waals surface area contributed by atoms with Gasteiger partial charge in [-0.15, -0.1) is 0 Å². The van der Waals surface area contributed by atoms with Crippen LogP contribution >= 0.6 is 11.6 Å². The number of benzene rings is 1. The smallest absolute Gasteiger partial charge is 0.257 e. The summed E-state index contributed by atoms with van der Waals surface area (Å²) < 4.78 is 6.73. The Kier molecular flexibility index (Phi) is 5.57. The number of hydrogen-bond donors (Lipinski definition) is 0. The molecule has 0 spiro atoms. The highest BCUT2D eigenvalue weighted by Gasteiger charge is 2.18. The van der Waals surface area contributed by atoms with E-state index in [1.165, 1.54) is 0 Å². The molecular weight excluding hydrogens is 302 g/mol. The average molecular weight is 322 g/mol. The summed E-state index contributed by atoms with van der Waals surface area (Å²) in [4.78, 5) is 14.2. The summed E-state index contributed by atoms with van der Waals surface area (Å²) in [6, 6.07) is 7.39. The molecule has 0 aliphatic carbocycles. The van der Waals surface area contributed by atoms with Gasteiger partial charge in [0, 0.05) is 32.3 Å². The SMILES string of the molecule is COCCCN(C)C(=O)c1cnn(-c2cccc(Cl)c2)c1C. The van der Waals surface area contributed by atoms with E-state index >= 15 is 0 Å². The van der Waals surface area contributed by atoms with Gasteiger partial charge < -0.3 is 9.64 Å². The van der Waals surface area contributed by atoms with Crippen molar-refractivity contribution in [1.29, 1.82) is 0 Å². The molecule has 22 heavy (non-hydrogen) atoms. The van der Waals surface area contributed by atoms with Crippen molar-refractivity contribution >= 4 is 17.5 Å². The Hall–Kier alpha value is -1.85. The van der Waals surface area contributed by atoms with Gasteiger partial charge in [-0.25, -0.2) is 4.68 Å². The first-order chi connectivity index (χ1) is 10.5. The zero-order chi connectivity index (χ0) is 16.1. The normalized spacial score (nSPS) is 10.7. The summed E-state index contributed by atoms with van der Waals surface area (Å²) in [5.74, 6) is -0.0399. The monoisotopic (exact) mass is 321 g/mol. The van der Waals surface area contributed by atoms with E-state index in [2.05, 4.69) is 5.10 Å². The van der Waals surface area contributed by atoms with E-state index in [9.17, 15) is 4.79 Å². The van der Waals surface area contributed by atoms with Crippen LogP contribution in [-0.2, 0) is 4.74 Å². The van der Waals surface area contributed by atoms with Crippen molar-refractivity contribution < 1.29 is 9.53 Å². The van der Waals surface area contributed by atoms with Crippen molar-refractivity contribution in [3.8, 4) is 5.69 Å². The highest BCUT2D eigenvalue weighted by atomic mass is 35.5. The van der Waals surface area contributed by atoms with Crippen molar-refractivity contribution in [2.75, 3.05) is 27.3 Å². The van der Waals surface area contributed by atoms with Crippen molar-refractivity contribution in [2.45, 2.75) is 13.3 Å². The van der Waals surface area contributed by atoms with Crippen LogP contribution < -0.4 is 0 Å². The molecule has 0 radical (unpaired) electrons. The van der Waals surface area contributed by atoms with Gasteiger partial charge in [-0.2, -0.15) is 5.10 Å². The van der Waals surface area contributed by atoms with Crippen LogP contribution in [0.25, 0.3) is 5.69 Å². The zero-order valence-corrected chi connectivity index (χ0v) is 13.8. The molecule has 118 valence electrons. The summed E-state index contributed by atoms with van der Waals surface area (Å²) >= 11 is 6.01. The number of methoxy groups -OCH3 is 1. The summed E-state index contributed by atoms with van der Waals surface area (Å²) in [5.41, 5.74) is 2.23. The summed E-state index contributed by atoms with van der Waals surface area (Å²) in [6.07, 6.45) is 2.41. The maximum atomic E-state index is 12.5. The molecule has 0 saturated carbocycles. The molecule has 1 aromatic heterocycles. The summed E-state index contributed by atoms with van der Waals surface area (Å²) in [6.45, 7) is 3.16. The van der Waals surface area contributed by atoms with E-state index in [1.54, 1.807) is 36.0 Å². The lowest BCUT2D eigenvalue weighted by molar-refractivity contribution is 0.0778. The highest BCUT2D eigenvalue weighted by molar-refractivity contribution is 6.30. The molecule has 0 atom stereocenters. The summed E-state index contributed by atoms with van der Waals surface area (Å²) in [7, 11) is 3.44. The minimum atomic E-state index is -0.0399. The van der Waals surface area contributed by atoms with Crippen molar-refractivity contribution in [1.82, 2.24) is 14.7 Å². The highest BCUT2D eigenvalue weighted by Crippen LogP contribution is 2.18. The van der Waals surface area contributed by atoms with E-state index < -0.39 is 0 Å². The fraction of sp³-hybridized carbons (Fsp3) is 0.375. The molecule has 0 fully saturated rings. The summed E-state index contributed by atoms with van der Waals surface area (Å²) in [5, 5.41) is 4.95. The van der Waals surface area contributed by atoms with E-state index in [0.29, 0.717) is 23.7 Å². The number of ether oxygens (including phenoxy) is 1. The van der Waals surface area contributed by atoms with Crippen molar-refractivity contribution in [3.05, 3.63) is 46.7 Å². The largest absolute Gasteiger partial charge is 0.385 e. The van der Waals surface area contributed by atoms with Crippen LogP contribution in [-0.4, -0.2) is 47.9 Å². The molecule has 0 unspecified atom stereocenters. The second kappa shape index (κ2) is 7.42. The Labute approximate surface area is 135 Å². The van der Waals surface area contributed by atoms with Gasteiger partial charge in [0.05, 0.1) is 23.1 Å². The fourth-order valence-electron chi connectivity index (χ4n) is 2.24. The van der Waals surface area contributed by atoms with Gasteiger partial charge >= 0.3 is 0 Å². The Bertz CT molecular complexity index is 655. The lowest BCUT2D eigenvalue weighted by Crippen LogP contribution is -2.28. The van der Waals surface area contributed by atoms with Crippen LogP contribution in [0.1, 0.15) is 22.5 Å². The lowest BCUT2D eigenvalue weighted by Gasteiger charge is -2.16. The first-order valence-corrected chi connectivity index (χ1v) is 7.47. The molecule has 1 aromatic carbocycles. The second-order valence-corrected chi connectivity index (χ2v) is 5.54. The van der Waals surface area contributed by atoms with Crippen molar-refractivity contribution in [3.63, 3.8) is 0 Å². The lowest BCUT2D eigenvalue weighted by atomic mass is 10.2. The molecule has 0 aliphatic heterocycles.